The number of rotatable bonds is 7. The number of ether oxygens (including phenoxy) is 1. The fourth-order valence-corrected chi connectivity index (χ4v) is 3.90. The first kappa shape index (κ1) is 20.8. The van der Waals surface area contributed by atoms with Crippen LogP contribution in [0.2, 0.25) is 0 Å². The third-order valence-corrected chi connectivity index (χ3v) is 5.24. The van der Waals surface area contributed by atoms with Crippen molar-refractivity contribution in [3.63, 3.8) is 0 Å². The second-order valence-electron chi connectivity index (χ2n) is 7.96. The number of ketones is 1. The minimum atomic E-state index is -0.0260. The Morgan fingerprint density at radius 2 is 2.19 bits per heavy atom. The van der Waals surface area contributed by atoms with Gasteiger partial charge in [-0.05, 0) is 62.9 Å². The van der Waals surface area contributed by atoms with Crippen LogP contribution in [0.25, 0.3) is 22.8 Å². The molecule has 1 aliphatic carbocycles. The van der Waals surface area contributed by atoms with E-state index >= 15 is 0 Å². The highest BCUT2D eigenvalue weighted by Gasteiger charge is 2.26. The van der Waals surface area contributed by atoms with Crippen molar-refractivity contribution >= 4 is 5.78 Å². The van der Waals surface area contributed by atoms with Crippen LogP contribution in [0.5, 0.6) is 5.75 Å². The topological polar surface area (TPSA) is 101 Å². The van der Waals surface area contributed by atoms with E-state index < -0.39 is 0 Å². The Morgan fingerprint density at radius 1 is 1.35 bits per heavy atom. The molecule has 1 aromatic heterocycles. The average Bonchev–Trinajstić information content (AvgIpc) is 3.39. The number of hydrogen-bond donors (Lipinski definition) is 1. The van der Waals surface area contributed by atoms with E-state index in [4.69, 9.17) is 9.26 Å². The molecule has 2 aromatic carbocycles. The highest BCUT2D eigenvalue weighted by molar-refractivity contribution is 5.77. The zero-order valence-electron chi connectivity index (χ0n) is 17.8. The van der Waals surface area contributed by atoms with E-state index in [9.17, 15) is 10.1 Å². The summed E-state index contributed by atoms with van der Waals surface area (Å²) in [5.74, 6) is 1.52. The average molecular weight is 416 g/mol. The highest BCUT2D eigenvalue weighted by Crippen LogP contribution is 2.37. The molecular weight excluding hydrogens is 392 g/mol. The van der Waals surface area contributed by atoms with Crippen molar-refractivity contribution in [3.05, 3.63) is 53.1 Å². The number of carbonyl (C=O) groups excluding carboxylic acids is 1. The van der Waals surface area contributed by atoms with Gasteiger partial charge in [0.25, 0.3) is 5.89 Å². The number of aromatic nitrogens is 2. The molecular formula is C24H24N4O3. The molecule has 4 rings (SSSR count). The van der Waals surface area contributed by atoms with Gasteiger partial charge in [0.2, 0.25) is 5.82 Å². The van der Waals surface area contributed by atoms with Gasteiger partial charge in [0, 0.05) is 17.2 Å². The summed E-state index contributed by atoms with van der Waals surface area (Å²) in [5, 5.41) is 17.0. The lowest BCUT2D eigenvalue weighted by Crippen LogP contribution is -2.24. The molecule has 0 radical (unpaired) electrons. The molecule has 0 aliphatic heterocycles. The lowest BCUT2D eigenvalue weighted by molar-refractivity contribution is -0.116. The van der Waals surface area contributed by atoms with Gasteiger partial charge < -0.3 is 14.6 Å². The quantitative estimate of drug-likeness (QED) is 0.615. The molecule has 0 bridgehead atoms. The minimum Gasteiger partial charge on any atom is -0.490 e. The van der Waals surface area contributed by atoms with Crippen molar-refractivity contribution in [2.24, 2.45) is 0 Å². The predicted molar refractivity (Wildman–Crippen MR) is 115 cm³/mol. The number of Topliss-reactive ketones (excluding diaryl/α,β-unsaturated/α-hetero) is 1. The Labute approximate surface area is 181 Å². The normalized spacial score (nSPS) is 15.0. The molecule has 1 heterocycles. The molecule has 0 fully saturated rings. The Balaban J connectivity index is 1.62. The Morgan fingerprint density at radius 3 is 2.94 bits per heavy atom. The second-order valence-corrected chi connectivity index (χ2v) is 7.96. The Kier molecular flexibility index (Phi) is 5.83. The van der Waals surface area contributed by atoms with Crippen LogP contribution in [0.4, 0.5) is 0 Å². The Bertz CT molecular complexity index is 1160. The highest BCUT2D eigenvalue weighted by atomic mass is 16.5. The number of nitrogens with one attached hydrogen (secondary N) is 1. The van der Waals surface area contributed by atoms with Crippen molar-refractivity contribution in [2.45, 2.75) is 45.8 Å². The summed E-state index contributed by atoms with van der Waals surface area (Å²) in [6.07, 6.45) is 1.78. The maximum Gasteiger partial charge on any atom is 0.258 e. The predicted octanol–water partition coefficient (Wildman–Crippen LogP) is 4.23. The van der Waals surface area contributed by atoms with Gasteiger partial charge >= 0.3 is 0 Å². The van der Waals surface area contributed by atoms with E-state index in [1.165, 1.54) is 11.1 Å². The molecule has 1 aliphatic rings. The van der Waals surface area contributed by atoms with Crippen molar-refractivity contribution in [3.8, 4) is 34.7 Å². The molecule has 0 amide bonds. The molecule has 7 heteroatoms. The lowest BCUT2D eigenvalue weighted by atomic mass is 10.0. The van der Waals surface area contributed by atoms with Crippen LogP contribution in [0, 0.1) is 11.3 Å². The second kappa shape index (κ2) is 8.70. The molecule has 1 atom stereocenters. The number of nitriles is 1. The summed E-state index contributed by atoms with van der Waals surface area (Å²) in [7, 11) is 0. The summed E-state index contributed by atoms with van der Waals surface area (Å²) in [4.78, 5) is 15.9. The maximum absolute atomic E-state index is 11.3. The summed E-state index contributed by atoms with van der Waals surface area (Å²) >= 11 is 0. The van der Waals surface area contributed by atoms with Crippen LogP contribution in [0.1, 0.15) is 49.9 Å². The lowest BCUT2D eigenvalue weighted by Gasteiger charge is -2.13. The van der Waals surface area contributed by atoms with Gasteiger partial charge in [-0.25, -0.2) is 0 Å². The molecule has 1 unspecified atom stereocenters. The van der Waals surface area contributed by atoms with E-state index in [0.29, 0.717) is 35.1 Å². The molecule has 31 heavy (non-hydrogen) atoms. The van der Waals surface area contributed by atoms with Gasteiger partial charge in [-0.3, -0.25) is 4.79 Å². The molecule has 7 nitrogen and oxygen atoms in total. The maximum atomic E-state index is 11.3. The van der Waals surface area contributed by atoms with Crippen LogP contribution >= 0.6 is 0 Å². The zero-order chi connectivity index (χ0) is 22.0. The van der Waals surface area contributed by atoms with Crippen LogP contribution < -0.4 is 10.1 Å². The van der Waals surface area contributed by atoms with Crippen molar-refractivity contribution in [1.29, 1.82) is 5.26 Å². The van der Waals surface area contributed by atoms with Gasteiger partial charge in [0.05, 0.1) is 18.2 Å². The SMILES string of the molecule is CC(=O)CNC1CCc2c(-c3noc(-c4ccc(OC(C)C)c(C#N)c4)n3)cccc21. The van der Waals surface area contributed by atoms with Gasteiger partial charge in [-0.2, -0.15) is 10.2 Å². The number of carbonyl (C=O) groups is 1. The van der Waals surface area contributed by atoms with Gasteiger partial charge in [-0.15, -0.1) is 0 Å². The minimum absolute atomic E-state index is 0.0260. The summed E-state index contributed by atoms with van der Waals surface area (Å²) in [6.45, 7) is 5.77. The Hall–Kier alpha value is -3.50. The van der Waals surface area contributed by atoms with Crippen LogP contribution in [0.3, 0.4) is 0 Å². The van der Waals surface area contributed by atoms with E-state index in [0.717, 1.165) is 18.4 Å². The molecule has 0 spiro atoms. The standard InChI is InChI=1S/C24H24N4O3/c1-14(2)30-22-10-7-16(11-17(22)12-25)24-27-23(28-31-24)20-6-4-5-19-18(20)8-9-21(19)26-13-15(3)29/h4-7,10-11,14,21,26H,8-9,13H2,1-3H3. The fraction of sp³-hybridized carbons (Fsp3) is 0.333. The molecule has 0 saturated heterocycles. The molecule has 158 valence electrons. The summed E-state index contributed by atoms with van der Waals surface area (Å²) in [6, 6.07) is 13.6. The van der Waals surface area contributed by atoms with Crippen molar-refractivity contribution in [2.75, 3.05) is 6.54 Å². The molecule has 1 N–H and O–H groups in total. The monoisotopic (exact) mass is 416 g/mol. The number of fused-ring (bicyclic) bond motifs is 1. The third kappa shape index (κ3) is 4.35. The first-order chi connectivity index (χ1) is 15.0. The van der Waals surface area contributed by atoms with Gasteiger partial charge in [-0.1, -0.05) is 23.4 Å². The van der Waals surface area contributed by atoms with E-state index in [1.807, 2.05) is 32.0 Å². The smallest absolute Gasteiger partial charge is 0.258 e. The fourth-order valence-electron chi connectivity index (χ4n) is 3.90. The van der Waals surface area contributed by atoms with Crippen LogP contribution in [0.15, 0.2) is 40.9 Å². The third-order valence-electron chi connectivity index (χ3n) is 5.24. The van der Waals surface area contributed by atoms with Crippen LogP contribution in [-0.4, -0.2) is 28.6 Å². The molecule has 3 aromatic rings. The zero-order valence-corrected chi connectivity index (χ0v) is 17.8. The summed E-state index contributed by atoms with van der Waals surface area (Å²) < 4.78 is 11.2. The van der Waals surface area contributed by atoms with Crippen LogP contribution in [-0.2, 0) is 11.2 Å². The number of nitrogens with zero attached hydrogens (tertiary/aromatic N) is 3. The van der Waals surface area contributed by atoms with E-state index in [2.05, 4.69) is 27.6 Å². The van der Waals surface area contributed by atoms with Crippen molar-refractivity contribution in [1.82, 2.24) is 15.5 Å². The first-order valence-electron chi connectivity index (χ1n) is 10.4. The number of benzene rings is 2. The van der Waals surface area contributed by atoms with Gasteiger partial charge in [0.1, 0.15) is 17.6 Å². The largest absolute Gasteiger partial charge is 0.490 e. The van der Waals surface area contributed by atoms with E-state index in [-0.39, 0.29) is 17.9 Å². The van der Waals surface area contributed by atoms with Crippen molar-refractivity contribution < 1.29 is 14.1 Å². The first-order valence-corrected chi connectivity index (χ1v) is 10.4. The number of hydrogen-bond acceptors (Lipinski definition) is 7. The van der Waals surface area contributed by atoms with E-state index in [1.54, 1.807) is 19.1 Å². The molecule has 0 saturated carbocycles. The summed E-state index contributed by atoms with van der Waals surface area (Å²) in [5.41, 5.74) is 4.37. The van der Waals surface area contributed by atoms with Gasteiger partial charge in [0.15, 0.2) is 0 Å².